The second kappa shape index (κ2) is 4.82. The van der Waals surface area contributed by atoms with E-state index in [9.17, 15) is 9.59 Å². The summed E-state index contributed by atoms with van der Waals surface area (Å²) >= 11 is 0. The number of hydrogen-bond donors (Lipinski definition) is 0. The Hall–Kier alpha value is -1.52. The molecular formula is C10H14O5. The zero-order valence-electron chi connectivity index (χ0n) is 8.93. The van der Waals surface area contributed by atoms with Gasteiger partial charge in [-0.25, -0.2) is 0 Å². The van der Waals surface area contributed by atoms with E-state index in [1.807, 2.05) is 0 Å². The summed E-state index contributed by atoms with van der Waals surface area (Å²) in [6, 6.07) is 0. The molecule has 0 amide bonds. The molecule has 0 aromatic carbocycles. The van der Waals surface area contributed by atoms with Crippen molar-refractivity contribution in [3.63, 3.8) is 0 Å². The largest absolute Gasteiger partial charge is 0.494 e. The molecule has 0 aromatic rings. The van der Waals surface area contributed by atoms with Crippen LogP contribution < -0.4 is 0 Å². The molecule has 1 rings (SSSR count). The predicted octanol–water partition coefficient (Wildman–Crippen LogP) is 0.782. The molecule has 84 valence electrons. The first-order valence-corrected chi connectivity index (χ1v) is 4.67. The Morgan fingerprint density at radius 2 is 1.80 bits per heavy atom. The van der Waals surface area contributed by atoms with Crippen LogP contribution in [0.1, 0.15) is 20.8 Å². The van der Waals surface area contributed by atoms with Crippen LogP contribution in [0.3, 0.4) is 0 Å². The lowest BCUT2D eigenvalue weighted by molar-refractivity contribution is -0.172. The molecule has 0 N–H and O–H groups in total. The third-order valence-electron chi connectivity index (χ3n) is 1.95. The first-order valence-electron chi connectivity index (χ1n) is 4.67. The number of carbonyl (C=O) groups excluding carboxylic acids is 2. The molecule has 0 bridgehead atoms. The van der Waals surface area contributed by atoms with Crippen molar-refractivity contribution in [3.05, 3.63) is 12.3 Å². The van der Waals surface area contributed by atoms with Gasteiger partial charge in [-0.1, -0.05) is 0 Å². The van der Waals surface area contributed by atoms with Crippen molar-refractivity contribution >= 4 is 11.9 Å². The van der Waals surface area contributed by atoms with E-state index >= 15 is 0 Å². The van der Waals surface area contributed by atoms with E-state index in [0.29, 0.717) is 0 Å². The highest BCUT2D eigenvalue weighted by molar-refractivity contribution is 5.67. The summed E-state index contributed by atoms with van der Waals surface area (Å²) in [5.74, 6) is -0.848. The van der Waals surface area contributed by atoms with Crippen LogP contribution in [0.2, 0.25) is 0 Å². The van der Waals surface area contributed by atoms with Gasteiger partial charge in [0, 0.05) is 13.8 Å². The number of hydrogen-bond acceptors (Lipinski definition) is 5. The zero-order valence-corrected chi connectivity index (χ0v) is 8.93. The predicted molar refractivity (Wildman–Crippen MR) is 50.8 cm³/mol. The van der Waals surface area contributed by atoms with Crippen LogP contribution in [0.25, 0.3) is 0 Å². The van der Waals surface area contributed by atoms with Crippen LogP contribution >= 0.6 is 0 Å². The van der Waals surface area contributed by atoms with Crippen molar-refractivity contribution in [2.45, 2.75) is 39.1 Å². The molecule has 0 saturated heterocycles. The summed E-state index contributed by atoms with van der Waals surface area (Å²) in [6.45, 7) is 4.35. The molecular weight excluding hydrogens is 200 g/mol. The SMILES string of the molecule is CC(=O)O[C@H]1[C@H](C)OC=C[C@H]1OC(C)=O. The third kappa shape index (κ3) is 3.27. The summed E-state index contributed by atoms with van der Waals surface area (Å²) in [5.41, 5.74) is 0. The summed E-state index contributed by atoms with van der Waals surface area (Å²) in [5, 5.41) is 0. The molecule has 0 fully saturated rings. The van der Waals surface area contributed by atoms with Gasteiger partial charge < -0.3 is 14.2 Å². The second-order valence-corrected chi connectivity index (χ2v) is 3.32. The van der Waals surface area contributed by atoms with Crippen molar-refractivity contribution in [1.82, 2.24) is 0 Å². The van der Waals surface area contributed by atoms with Crippen LogP contribution in [-0.2, 0) is 23.8 Å². The third-order valence-corrected chi connectivity index (χ3v) is 1.95. The van der Waals surface area contributed by atoms with Crippen LogP contribution in [0.4, 0.5) is 0 Å². The Kier molecular flexibility index (Phi) is 3.71. The van der Waals surface area contributed by atoms with Gasteiger partial charge in [-0.05, 0) is 13.0 Å². The van der Waals surface area contributed by atoms with Gasteiger partial charge in [0.25, 0.3) is 0 Å². The molecule has 0 radical (unpaired) electrons. The highest BCUT2D eigenvalue weighted by atomic mass is 16.6. The molecule has 0 unspecified atom stereocenters. The molecule has 5 heteroatoms. The highest BCUT2D eigenvalue weighted by Crippen LogP contribution is 2.18. The lowest BCUT2D eigenvalue weighted by Gasteiger charge is -2.31. The van der Waals surface area contributed by atoms with Gasteiger partial charge in [0.1, 0.15) is 6.10 Å². The van der Waals surface area contributed by atoms with Gasteiger partial charge >= 0.3 is 11.9 Å². The molecule has 1 aliphatic rings. The normalized spacial score (nSPS) is 29.1. The van der Waals surface area contributed by atoms with E-state index in [-0.39, 0.29) is 6.10 Å². The average Bonchev–Trinajstić information content (AvgIpc) is 2.09. The van der Waals surface area contributed by atoms with Gasteiger partial charge in [0.05, 0.1) is 6.26 Å². The van der Waals surface area contributed by atoms with Gasteiger partial charge in [-0.3, -0.25) is 9.59 Å². The number of esters is 2. The first kappa shape index (κ1) is 11.6. The fraction of sp³-hybridized carbons (Fsp3) is 0.600. The molecule has 0 aromatic heterocycles. The zero-order chi connectivity index (χ0) is 11.4. The Labute approximate surface area is 88.0 Å². The minimum absolute atomic E-state index is 0.330. The maximum Gasteiger partial charge on any atom is 0.303 e. The maximum atomic E-state index is 10.8. The fourth-order valence-electron chi connectivity index (χ4n) is 1.35. The van der Waals surface area contributed by atoms with Crippen molar-refractivity contribution in [2.75, 3.05) is 0 Å². The smallest absolute Gasteiger partial charge is 0.303 e. The van der Waals surface area contributed by atoms with Crippen molar-refractivity contribution in [3.8, 4) is 0 Å². The summed E-state index contributed by atoms with van der Waals surface area (Å²) < 4.78 is 15.2. The van der Waals surface area contributed by atoms with Crippen LogP contribution in [0, 0.1) is 0 Å². The van der Waals surface area contributed by atoms with Crippen LogP contribution in [0.15, 0.2) is 12.3 Å². The van der Waals surface area contributed by atoms with E-state index in [1.165, 1.54) is 20.1 Å². The fourth-order valence-corrected chi connectivity index (χ4v) is 1.35. The van der Waals surface area contributed by atoms with E-state index < -0.39 is 24.1 Å². The van der Waals surface area contributed by atoms with E-state index in [4.69, 9.17) is 14.2 Å². The van der Waals surface area contributed by atoms with Gasteiger partial charge in [0.2, 0.25) is 0 Å². The van der Waals surface area contributed by atoms with E-state index in [1.54, 1.807) is 13.0 Å². The van der Waals surface area contributed by atoms with Gasteiger partial charge in [-0.15, -0.1) is 0 Å². The van der Waals surface area contributed by atoms with Crippen molar-refractivity contribution < 1.29 is 23.8 Å². The summed E-state index contributed by atoms with van der Waals surface area (Å²) in [4.78, 5) is 21.7. The minimum atomic E-state index is -0.587. The molecule has 0 saturated carbocycles. The number of ether oxygens (including phenoxy) is 3. The Morgan fingerprint density at radius 3 is 2.33 bits per heavy atom. The first-order chi connectivity index (χ1) is 7.00. The van der Waals surface area contributed by atoms with Gasteiger partial charge in [0.15, 0.2) is 12.2 Å². The molecule has 1 aliphatic heterocycles. The summed E-state index contributed by atoms with van der Waals surface area (Å²) in [6.07, 6.45) is 1.50. The van der Waals surface area contributed by atoms with Crippen molar-refractivity contribution in [2.24, 2.45) is 0 Å². The van der Waals surface area contributed by atoms with Crippen molar-refractivity contribution in [1.29, 1.82) is 0 Å². The summed E-state index contributed by atoms with van der Waals surface area (Å²) in [7, 11) is 0. The monoisotopic (exact) mass is 214 g/mol. The Balaban J connectivity index is 2.71. The topological polar surface area (TPSA) is 61.8 Å². The highest BCUT2D eigenvalue weighted by Gasteiger charge is 2.34. The van der Waals surface area contributed by atoms with Gasteiger partial charge in [-0.2, -0.15) is 0 Å². The second-order valence-electron chi connectivity index (χ2n) is 3.32. The molecule has 1 heterocycles. The lowest BCUT2D eigenvalue weighted by Crippen LogP contribution is -2.43. The van der Waals surface area contributed by atoms with Crippen LogP contribution in [-0.4, -0.2) is 30.3 Å². The quantitative estimate of drug-likeness (QED) is 0.636. The molecule has 15 heavy (non-hydrogen) atoms. The lowest BCUT2D eigenvalue weighted by atomic mass is 10.1. The van der Waals surface area contributed by atoms with Crippen LogP contribution in [0.5, 0.6) is 0 Å². The average molecular weight is 214 g/mol. The molecule has 3 atom stereocenters. The maximum absolute atomic E-state index is 10.8. The molecule has 5 nitrogen and oxygen atoms in total. The minimum Gasteiger partial charge on any atom is -0.494 e. The molecule has 0 aliphatic carbocycles. The number of carbonyl (C=O) groups is 2. The van der Waals surface area contributed by atoms with E-state index in [0.717, 1.165) is 0 Å². The molecule has 0 spiro atoms. The number of rotatable bonds is 2. The standard InChI is InChI=1S/C10H14O5/c1-6-10(15-8(3)12)9(4-5-13-6)14-7(2)11/h4-6,9-10H,1-3H3/t6-,9+,10-/m0/s1. The van der Waals surface area contributed by atoms with E-state index in [2.05, 4.69) is 0 Å². The Morgan fingerprint density at radius 1 is 1.20 bits per heavy atom. The Bertz CT molecular complexity index is 284.